The molecule has 0 heterocycles. The van der Waals surface area contributed by atoms with Gasteiger partial charge in [0.05, 0.1) is 16.1 Å². The van der Waals surface area contributed by atoms with Gasteiger partial charge in [-0.05, 0) is 55.3 Å². The van der Waals surface area contributed by atoms with Gasteiger partial charge in [0.2, 0.25) is 5.91 Å². The van der Waals surface area contributed by atoms with Gasteiger partial charge in [-0.1, -0.05) is 48.0 Å². The zero-order valence-electron chi connectivity index (χ0n) is 18.1. The van der Waals surface area contributed by atoms with E-state index in [0.29, 0.717) is 11.3 Å². The Kier molecular flexibility index (Phi) is 7.12. The molecule has 0 radical (unpaired) electrons. The summed E-state index contributed by atoms with van der Waals surface area (Å²) in [7, 11) is -4.07. The lowest BCUT2D eigenvalue weighted by Gasteiger charge is -2.25. The Morgan fingerprint density at radius 2 is 1.61 bits per heavy atom. The number of rotatable bonds is 7. The van der Waals surface area contributed by atoms with Gasteiger partial charge in [-0.3, -0.25) is 9.10 Å². The predicted octanol–water partition coefficient (Wildman–Crippen LogP) is 4.83. The van der Waals surface area contributed by atoms with E-state index in [4.69, 9.17) is 0 Å². The molecule has 5 nitrogen and oxygen atoms in total. The summed E-state index contributed by atoms with van der Waals surface area (Å²) >= 11 is 0. The summed E-state index contributed by atoms with van der Waals surface area (Å²) in [4.78, 5) is 12.7. The summed E-state index contributed by atoms with van der Waals surface area (Å²) in [5.41, 5.74) is 1.31. The molecule has 0 atom stereocenters. The van der Waals surface area contributed by atoms with Crippen LogP contribution in [-0.4, -0.2) is 20.9 Å². The molecule has 3 rings (SSSR count). The van der Waals surface area contributed by atoms with Crippen molar-refractivity contribution in [2.45, 2.75) is 31.5 Å². The molecule has 1 N–H and O–H groups in total. The number of nitrogens with one attached hydrogen (secondary N) is 1. The lowest BCUT2D eigenvalue weighted by Crippen LogP contribution is -2.41. The predicted molar refractivity (Wildman–Crippen MR) is 120 cm³/mol. The van der Waals surface area contributed by atoms with Gasteiger partial charge in [0.25, 0.3) is 10.0 Å². The Morgan fingerprint density at radius 3 is 2.24 bits per heavy atom. The minimum Gasteiger partial charge on any atom is -0.350 e. The maximum Gasteiger partial charge on any atom is 0.416 e. The van der Waals surface area contributed by atoms with Crippen LogP contribution in [0.25, 0.3) is 0 Å². The number of carbonyl (C=O) groups excluding carboxylic acids is 1. The molecular weight excluding hydrogens is 453 g/mol. The molecule has 0 unspecified atom stereocenters. The second-order valence-electron chi connectivity index (χ2n) is 7.59. The first-order chi connectivity index (χ1) is 15.5. The number of para-hydroxylation sites is 1. The summed E-state index contributed by atoms with van der Waals surface area (Å²) in [6, 6.07) is 17.6. The Morgan fingerprint density at radius 1 is 0.939 bits per heavy atom. The quantitative estimate of drug-likeness (QED) is 0.531. The summed E-state index contributed by atoms with van der Waals surface area (Å²) in [6.45, 7) is 2.86. The summed E-state index contributed by atoms with van der Waals surface area (Å²) in [5, 5.41) is 2.52. The Balaban J connectivity index is 1.84. The van der Waals surface area contributed by atoms with Gasteiger partial charge in [-0.15, -0.1) is 0 Å². The van der Waals surface area contributed by atoms with Crippen LogP contribution < -0.4 is 9.62 Å². The number of sulfonamides is 1. The fourth-order valence-electron chi connectivity index (χ4n) is 3.22. The number of anilines is 1. The summed E-state index contributed by atoms with van der Waals surface area (Å²) in [6.07, 6.45) is -4.50. The van der Waals surface area contributed by atoms with Crippen molar-refractivity contribution in [2.75, 3.05) is 10.8 Å². The molecule has 0 bridgehead atoms. The van der Waals surface area contributed by atoms with Gasteiger partial charge < -0.3 is 5.32 Å². The van der Waals surface area contributed by atoms with Gasteiger partial charge in [0.1, 0.15) is 6.54 Å². The van der Waals surface area contributed by atoms with Crippen LogP contribution in [0, 0.1) is 13.8 Å². The third kappa shape index (κ3) is 5.92. The van der Waals surface area contributed by atoms with Crippen LogP contribution in [0.5, 0.6) is 0 Å². The minimum atomic E-state index is -4.50. The van der Waals surface area contributed by atoms with Crippen molar-refractivity contribution in [1.82, 2.24) is 5.32 Å². The molecule has 0 aliphatic rings. The highest BCUT2D eigenvalue weighted by molar-refractivity contribution is 7.92. The smallest absolute Gasteiger partial charge is 0.350 e. The zero-order valence-corrected chi connectivity index (χ0v) is 18.9. The van der Waals surface area contributed by atoms with E-state index in [1.54, 1.807) is 43.3 Å². The van der Waals surface area contributed by atoms with E-state index < -0.39 is 34.2 Å². The van der Waals surface area contributed by atoms with Crippen molar-refractivity contribution in [3.8, 4) is 0 Å². The Bertz CT molecular complexity index is 1240. The second-order valence-corrected chi connectivity index (χ2v) is 9.45. The van der Waals surface area contributed by atoms with Crippen LogP contribution in [0.1, 0.15) is 22.3 Å². The van der Waals surface area contributed by atoms with Crippen LogP contribution in [0.15, 0.2) is 77.7 Å². The third-order valence-corrected chi connectivity index (χ3v) is 6.80. The molecule has 174 valence electrons. The lowest BCUT2D eigenvalue weighted by molar-refractivity contribution is -0.137. The highest BCUT2D eigenvalue weighted by atomic mass is 32.2. The number of alkyl halides is 3. The number of carbonyl (C=O) groups is 1. The van der Waals surface area contributed by atoms with Crippen molar-refractivity contribution in [2.24, 2.45) is 0 Å². The van der Waals surface area contributed by atoms with E-state index in [2.05, 4.69) is 5.32 Å². The van der Waals surface area contributed by atoms with Crippen LogP contribution in [0.4, 0.5) is 18.9 Å². The molecule has 0 spiro atoms. The molecule has 0 saturated heterocycles. The average Bonchev–Trinajstić information content (AvgIpc) is 2.76. The molecule has 0 aromatic heterocycles. The molecule has 0 fully saturated rings. The standard InChI is InChI=1S/C24H23F3N2O3S/c1-17-10-12-21(13-11-17)33(31,32)29(22-9-4-3-6-18(22)2)16-23(30)28-15-19-7-5-8-20(14-19)24(25,26)27/h3-14H,15-16H2,1-2H3,(H,28,30). The largest absolute Gasteiger partial charge is 0.416 e. The molecule has 3 aromatic carbocycles. The van der Waals surface area contributed by atoms with Gasteiger partial charge >= 0.3 is 6.18 Å². The number of amides is 1. The van der Waals surface area contributed by atoms with Crippen LogP contribution >= 0.6 is 0 Å². The topological polar surface area (TPSA) is 66.5 Å². The van der Waals surface area contributed by atoms with Crippen molar-refractivity contribution in [3.05, 3.63) is 95.1 Å². The third-order valence-electron chi connectivity index (χ3n) is 5.02. The van der Waals surface area contributed by atoms with Crippen LogP contribution in [-0.2, 0) is 27.5 Å². The number of halogens is 3. The van der Waals surface area contributed by atoms with Gasteiger partial charge in [0.15, 0.2) is 0 Å². The maximum absolute atomic E-state index is 13.4. The molecule has 9 heteroatoms. The number of hydrogen-bond donors (Lipinski definition) is 1. The van der Waals surface area contributed by atoms with Crippen LogP contribution in [0.3, 0.4) is 0 Å². The minimum absolute atomic E-state index is 0.0297. The van der Waals surface area contributed by atoms with Crippen molar-refractivity contribution >= 4 is 21.6 Å². The first kappa shape index (κ1) is 24.3. The fraction of sp³-hybridized carbons (Fsp3) is 0.208. The average molecular weight is 477 g/mol. The Labute approximate surface area is 190 Å². The summed E-state index contributed by atoms with van der Waals surface area (Å²) < 4.78 is 66.5. The van der Waals surface area contributed by atoms with E-state index in [-0.39, 0.29) is 17.0 Å². The normalized spacial score (nSPS) is 11.8. The fourth-order valence-corrected chi connectivity index (χ4v) is 4.71. The van der Waals surface area contributed by atoms with E-state index in [0.717, 1.165) is 22.0 Å². The molecule has 0 aliphatic carbocycles. The van der Waals surface area contributed by atoms with E-state index in [9.17, 15) is 26.4 Å². The lowest BCUT2D eigenvalue weighted by atomic mass is 10.1. The van der Waals surface area contributed by atoms with E-state index in [1.807, 2.05) is 6.92 Å². The monoisotopic (exact) mass is 476 g/mol. The van der Waals surface area contributed by atoms with Gasteiger partial charge in [-0.25, -0.2) is 8.42 Å². The van der Waals surface area contributed by atoms with Crippen LogP contribution in [0.2, 0.25) is 0 Å². The highest BCUT2D eigenvalue weighted by Gasteiger charge is 2.31. The first-order valence-corrected chi connectivity index (χ1v) is 11.5. The molecular formula is C24H23F3N2O3S. The zero-order chi connectivity index (χ0) is 24.2. The molecule has 0 aliphatic heterocycles. The van der Waals surface area contributed by atoms with E-state index >= 15 is 0 Å². The number of aryl methyl sites for hydroxylation is 2. The highest BCUT2D eigenvalue weighted by Crippen LogP contribution is 2.30. The maximum atomic E-state index is 13.4. The van der Waals surface area contributed by atoms with Gasteiger partial charge in [0, 0.05) is 6.54 Å². The van der Waals surface area contributed by atoms with E-state index in [1.165, 1.54) is 24.3 Å². The Hall–Kier alpha value is -3.33. The molecule has 33 heavy (non-hydrogen) atoms. The second kappa shape index (κ2) is 9.66. The molecule has 1 amide bonds. The summed E-state index contributed by atoms with van der Waals surface area (Å²) in [5.74, 6) is -0.647. The van der Waals surface area contributed by atoms with Gasteiger partial charge in [-0.2, -0.15) is 13.2 Å². The molecule has 3 aromatic rings. The number of nitrogens with zero attached hydrogens (tertiary/aromatic N) is 1. The number of hydrogen-bond acceptors (Lipinski definition) is 3. The first-order valence-electron chi connectivity index (χ1n) is 10.1. The van der Waals surface area contributed by atoms with Crippen molar-refractivity contribution < 1.29 is 26.4 Å². The van der Waals surface area contributed by atoms with Crippen molar-refractivity contribution in [3.63, 3.8) is 0 Å². The SMILES string of the molecule is Cc1ccc(S(=O)(=O)N(CC(=O)NCc2cccc(C(F)(F)F)c2)c2ccccc2C)cc1. The molecule has 0 saturated carbocycles. The van der Waals surface area contributed by atoms with Crippen molar-refractivity contribution in [1.29, 1.82) is 0 Å². The number of benzene rings is 3.